The number of hydrogen-bond donors (Lipinski definition) is 2. The molecule has 0 atom stereocenters. The van der Waals surface area contributed by atoms with Gasteiger partial charge in [0, 0.05) is 18.7 Å². The van der Waals surface area contributed by atoms with E-state index < -0.39 is 0 Å². The van der Waals surface area contributed by atoms with Crippen LogP contribution in [0.2, 0.25) is 0 Å². The minimum atomic E-state index is 0.650. The molecule has 1 rings (SSSR count). The highest BCUT2D eigenvalue weighted by Gasteiger charge is 2.08. The maximum Gasteiger partial charge on any atom is 0.162 e. The molecule has 1 aromatic carbocycles. The standard InChI is InChI=1S/C11H18N2O2/c1-4-5-13-9-7-11(15-3)10(14-2)6-8(9)12/h6-7,13H,4-5,12H2,1-3H3. The number of methoxy groups -OCH3 is 2. The van der Waals surface area contributed by atoms with Gasteiger partial charge in [0.2, 0.25) is 0 Å². The van der Waals surface area contributed by atoms with Gasteiger partial charge in [-0.15, -0.1) is 0 Å². The molecule has 4 heteroatoms. The van der Waals surface area contributed by atoms with Crippen LogP contribution in [0.25, 0.3) is 0 Å². The summed E-state index contributed by atoms with van der Waals surface area (Å²) >= 11 is 0. The van der Waals surface area contributed by atoms with E-state index in [4.69, 9.17) is 15.2 Å². The number of benzene rings is 1. The molecule has 0 aliphatic heterocycles. The smallest absolute Gasteiger partial charge is 0.162 e. The summed E-state index contributed by atoms with van der Waals surface area (Å²) in [5, 5.41) is 3.23. The Bertz CT molecular complexity index is 327. The summed E-state index contributed by atoms with van der Waals surface area (Å²) in [6.45, 7) is 2.99. The summed E-state index contributed by atoms with van der Waals surface area (Å²) in [5.41, 5.74) is 7.41. The second-order valence-corrected chi connectivity index (χ2v) is 3.22. The number of nitrogen functional groups attached to an aromatic ring is 1. The lowest BCUT2D eigenvalue weighted by Gasteiger charge is -2.13. The van der Waals surface area contributed by atoms with Crippen molar-refractivity contribution in [3.05, 3.63) is 12.1 Å². The Kier molecular flexibility index (Phi) is 4.09. The number of rotatable bonds is 5. The van der Waals surface area contributed by atoms with E-state index in [2.05, 4.69) is 12.2 Å². The van der Waals surface area contributed by atoms with Crippen LogP contribution >= 0.6 is 0 Å². The van der Waals surface area contributed by atoms with Crippen molar-refractivity contribution in [1.29, 1.82) is 0 Å². The molecule has 0 radical (unpaired) electrons. The molecule has 84 valence electrons. The third kappa shape index (κ3) is 2.68. The number of nitrogens with two attached hydrogens (primary N) is 1. The first-order valence-corrected chi connectivity index (χ1v) is 4.98. The maximum absolute atomic E-state index is 5.86. The first-order valence-electron chi connectivity index (χ1n) is 4.98. The quantitative estimate of drug-likeness (QED) is 0.731. The van der Waals surface area contributed by atoms with Crippen LogP contribution in [0.3, 0.4) is 0 Å². The van der Waals surface area contributed by atoms with Crippen molar-refractivity contribution in [2.24, 2.45) is 0 Å². The van der Waals surface area contributed by atoms with Gasteiger partial charge in [-0.1, -0.05) is 6.92 Å². The molecule has 0 unspecified atom stereocenters. The van der Waals surface area contributed by atoms with E-state index in [1.165, 1.54) is 0 Å². The highest BCUT2D eigenvalue weighted by molar-refractivity contribution is 5.71. The van der Waals surface area contributed by atoms with E-state index >= 15 is 0 Å². The number of hydrogen-bond acceptors (Lipinski definition) is 4. The van der Waals surface area contributed by atoms with Crippen molar-refractivity contribution >= 4 is 11.4 Å². The summed E-state index contributed by atoms with van der Waals surface area (Å²) in [7, 11) is 3.20. The van der Waals surface area contributed by atoms with Crippen LogP contribution in [0, 0.1) is 0 Å². The van der Waals surface area contributed by atoms with E-state index in [-0.39, 0.29) is 0 Å². The second-order valence-electron chi connectivity index (χ2n) is 3.22. The fourth-order valence-electron chi connectivity index (χ4n) is 1.31. The minimum absolute atomic E-state index is 0.650. The van der Waals surface area contributed by atoms with Crippen molar-refractivity contribution in [2.45, 2.75) is 13.3 Å². The Balaban J connectivity index is 2.97. The SMILES string of the molecule is CCCNc1cc(OC)c(OC)cc1N. The first kappa shape index (κ1) is 11.5. The molecule has 0 amide bonds. The van der Waals surface area contributed by atoms with Crippen LogP contribution in [0.5, 0.6) is 11.5 Å². The molecular weight excluding hydrogens is 192 g/mol. The summed E-state index contributed by atoms with van der Waals surface area (Å²) in [6, 6.07) is 3.61. The summed E-state index contributed by atoms with van der Waals surface area (Å²) in [5.74, 6) is 1.34. The zero-order valence-electron chi connectivity index (χ0n) is 9.46. The second kappa shape index (κ2) is 5.34. The van der Waals surface area contributed by atoms with E-state index in [0.717, 1.165) is 18.7 Å². The lowest BCUT2D eigenvalue weighted by molar-refractivity contribution is 0.355. The number of nitrogens with one attached hydrogen (secondary N) is 1. The van der Waals surface area contributed by atoms with Gasteiger partial charge < -0.3 is 20.5 Å². The average molecular weight is 210 g/mol. The van der Waals surface area contributed by atoms with Gasteiger partial charge in [-0.2, -0.15) is 0 Å². The van der Waals surface area contributed by atoms with E-state index in [9.17, 15) is 0 Å². The van der Waals surface area contributed by atoms with Crippen LogP contribution in [0.4, 0.5) is 11.4 Å². The molecule has 3 N–H and O–H groups in total. The third-order valence-electron chi connectivity index (χ3n) is 2.12. The van der Waals surface area contributed by atoms with Crippen LogP contribution in [-0.4, -0.2) is 20.8 Å². The van der Waals surface area contributed by atoms with Gasteiger partial charge in [-0.05, 0) is 6.42 Å². The maximum atomic E-state index is 5.86. The summed E-state index contributed by atoms with van der Waals surface area (Å²) in [4.78, 5) is 0. The molecule has 0 saturated carbocycles. The fourth-order valence-corrected chi connectivity index (χ4v) is 1.31. The molecule has 1 aromatic rings. The van der Waals surface area contributed by atoms with Crippen molar-refractivity contribution in [3.8, 4) is 11.5 Å². The lowest BCUT2D eigenvalue weighted by atomic mass is 10.2. The number of anilines is 2. The third-order valence-corrected chi connectivity index (χ3v) is 2.12. The van der Waals surface area contributed by atoms with Gasteiger partial charge >= 0.3 is 0 Å². The van der Waals surface area contributed by atoms with Gasteiger partial charge in [0.05, 0.1) is 25.6 Å². The monoisotopic (exact) mass is 210 g/mol. The Labute approximate surface area is 90.4 Å². The topological polar surface area (TPSA) is 56.5 Å². The molecular formula is C11H18N2O2. The van der Waals surface area contributed by atoms with Gasteiger partial charge in [-0.3, -0.25) is 0 Å². The highest BCUT2D eigenvalue weighted by Crippen LogP contribution is 2.34. The molecule has 0 aromatic heterocycles. The Morgan fingerprint density at radius 2 is 1.80 bits per heavy atom. The molecule has 0 heterocycles. The predicted octanol–water partition coefficient (Wildman–Crippen LogP) is 2.11. The Morgan fingerprint density at radius 3 is 2.33 bits per heavy atom. The van der Waals surface area contributed by atoms with Gasteiger partial charge in [0.15, 0.2) is 11.5 Å². The van der Waals surface area contributed by atoms with Crippen molar-refractivity contribution in [1.82, 2.24) is 0 Å². The lowest BCUT2D eigenvalue weighted by Crippen LogP contribution is -2.04. The summed E-state index contributed by atoms with van der Waals surface area (Å²) in [6.07, 6.45) is 1.05. The predicted molar refractivity (Wildman–Crippen MR) is 62.7 cm³/mol. The van der Waals surface area contributed by atoms with E-state index in [1.807, 2.05) is 6.07 Å². The van der Waals surface area contributed by atoms with Crippen molar-refractivity contribution in [2.75, 3.05) is 31.8 Å². The Morgan fingerprint density at radius 1 is 1.20 bits per heavy atom. The molecule has 0 spiro atoms. The molecule has 0 bridgehead atoms. The van der Waals surface area contributed by atoms with E-state index in [1.54, 1.807) is 20.3 Å². The summed E-state index contributed by atoms with van der Waals surface area (Å²) < 4.78 is 10.3. The molecule has 0 fully saturated rings. The van der Waals surface area contributed by atoms with Crippen LogP contribution in [-0.2, 0) is 0 Å². The highest BCUT2D eigenvalue weighted by atomic mass is 16.5. The average Bonchev–Trinajstić information content (AvgIpc) is 2.27. The molecule has 0 saturated heterocycles. The zero-order valence-corrected chi connectivity index (χ0v) is 9.46. The van der Waals surface area contributed by atoms with Crippen molar-refractivity contribution < 1.29 is 9.47 Å². The molecule has 4 nitrogen and oxygen atoms in total. The van der Waals surface area contributed by atoms with Crippen LogP contribution in [0.1, 0.15) is 13.3 Å². The molecule has 0 aliphatic rings. The normalized spacial score (nSPS) is 9.80. The molecule has 15 heavy (non-hydrogen) atoms. The first-order chi connectivity index (χ1) is 7.22. The fraction of sp³-hybridized carbons (Fsp3) is 0.455. The largest absolute Gasteiger partial charge is 0.493 e. The van der Waals surface area contributed by atoms with Crippen molar-refractivity contribution in [3.63, 3.8) is 0 Å². The Hall–Kier alpha value is -1.58. The van der Waals surface area contributed by atoms with Gasteiger partial charge in [0.25, 0.3) is 0 Å². The minimum Gasteiger partial charge on any atom is -0.493 e. The van der Waals surface area contributed by atoms with E-state index in [0.29, 0.717) is 17.2 Å². The number of ether oxygens (including phenoxy) is 2. The molecule has 0 aliphatic carbocycles. The zero-order chi connectivity index (χ0) is 11.3. The van der Waals surface area contributed by atoms with Crippen LogP contribution < -0.4 is 20.5 Å². The van der Waals surface area contributed by atoms with Gasteiger partial charge in [0.1, 0.15) is 0 Å². The van der Waals surface area contributed by atoms with Gasteiger partial charge in [-0.25, -0.2) is 0 Å². The van der Waals surface area contributed by atoms with Crippen LogP contribution in [0.15, 0.2) is 12.1 Å².